The van der Waals surface area contributed by atoms with Gasteiger partial charge in [-0.3, -0.25) is 0 Å². The molecule has 9 aromatic rings. The largest absolute Gasteiger partial charge is 0.309 e. The van der Waals surface area contributed by atoms with Crippen molar-refractivity contribution in [2.75, 3.05) is 0 Å². The fourth-order valence-corrected chi connectivity index (χ4v) is 8.16. The molecule has 0 fully saturated rings. The highest BCUT2D eigenvalue weighted by Gasteiger charge is 2.33. The standard InChI is InChI=1S/C50H34BN/c1-3-11-37(12-4-1)39-25-31-47-45(33-39)46-34-40(38-13-5-2-6-14-38)26-32-48(46)51(47)41-27-21-35(22-28-41)19-20-36-23-29-42(30-24-36)52-49-17-9-7-15-43(49)44-16-8-10-18-50(44)52/h1-34H. The summed E-state index contributed by atoms with van der Waals surface area (Å²) in [4.78, 5) is 0. The molecule has 0 amide bonds. The quantitative estimate of drug-likeness (QED) is 0.124. The number of hydrogen-bond acceptors (Lipinski definition) is 0. The Morgan fingerprint density at radius 1 is 0.365 bits per heavy atom. The minimum atomic E-state index is 0.186. The van der Waals surface area contributed by atoms with E-state index in [0.717, 1.165) is 0 Å². The van der Waals surface area contributed by atoms with Crippen LogP contribution in [0, 0.1) is 0 Å². The highest BCUT2D eigenvalue weighted by molar-refractivity contribution is 6.99. The van der Waals surface area contributed by atoms with Crippen molar-refractivity contribution in [1.29, 1.82) is 0 Å². The van der Waals surface area contributed by atoms with Crippen molar-refractivity contribution < 1.29 is 0 Å². The Morgan fingerprint density at radius 3 is 1.31 bits per heavy atom. The Morgan fingerprint density at radius 2 is 0.808 bits per heavy atom. The summed E-state index contributed by atoms with van der Waals surface area (Å²) in [6.45, 7) is 0.186. The third-order valence-corrected chi connectivity index (χ3v) is 10.7. The van der Waals surface area contributed by atoms with Gasteiger partial charge in [-0.15, -0.1) is 0 Å². The van der Waals surface area contributed by atoms with Crippen molar-refractivity contribution in [3.05, 3.63) is 205 Å². The van der Waals surface area contributed by atoms with E-state index in [1.165, 1.54) is 88.4 Å². The second kappa shape index (κ2) is 12.6. The summed E-state index contributed by atoms with van der Waals surface area (Å²) in [6, 6.07) is 70.8. The van der Waals surface area contributed by atoms with Crippen LogP contribution in [0.25, 0.3) is 73.0 Å². The Bertz CT molecular complexity index is 2610. The molecule has 0 aliphatic carbocycles. The molecule has 0 atom stereocenters. The molecule has 1 aliphatic heterocycles. The van der Waals surface area contributed by atoms with Gasteiger partial charge in [0.25, 0.3) is 0 Å². The highest BCUT2D eigenvalue weighted by atomic mass is 15.0. The van der Waals surface area contributed by atoms with Crippen molar-refractivity contribution >= 4 is 57.1 Å². The summed E-state index contributed by atoms with van der Waals surface area (Å²) in [5.41, 5.74) is 17.7. The minimum Gasteiger partial charge on any atom is -0.309 e. The third kappa shape index (κ3) is 5.20. The van der Waals surface area contributed by atoms with Gasteiger partial charge < -0.3 is 4.57 Å². The van der Waals surface area contributed by atoms with Gasteiger partial charge in [-0.1, -0.05) is 186 Å². The molecule has 0 bridgehead atoms. The van der Waals surface area contributed by atoms with E-state index in [2.05, 4.69) is 211 Å². The number of benzene rings is 8. The second-order valence-corrected chi connectivity index (χ2v) is 13.7. The predicted octanol–water partition coefficient (Wildman–Crippen LogP) is 10.8. The van der Waals surface area contributed by atoms with Crippen molar-refractivity contribution in [3.63, 3.8) is 0 Å². The SMILES string of the molecule is C(=Cc1ccc(-n2c3ccccc3c3ccccc32)cc1)c1ccc(B2c3ccc(-c4ccccc4)cc3-c3cc(-c4ccccc4)ccc32)cc1. The summed E-state index contributed by atoms with van der Waals surface area (Å²) in [7, 11) is 0. The molecule has 0 saturated carbocycles. The first-order valence-corrected chi connectivity index (χ1v) is 18.0. The summed E-state index contributed by atoms with van der Waals surface area (Å²) in [5, 5.41) is 2.56. The maximum absolute atomic E-state index is 2.39. The van der Waals surface area contributed by atoms with Crippen LogP contribution in [0.3, 0.4) is 0 Å². The lowest BCUT2D eigenvalue weighted by atomic mass is 9.39. The Labute approximate surface area is 304 Å². The monoisotopic (exact) mass is 659 g/mol. The molecule has 0 saturated heterocycles. The van der Waals surface area contributed by atoms with Crippen LogP contribution in [0.5, 0.6) is 0 Å². The topological polar surface area (TPSA) is 4.93 Å². The van der Waals surface area contributed by atoms with Gasteiger partial charge in [0.1, 0.15) is 0 Å². The molecule has 1 aromatic heterocycles. The molecule has 8 aromatic carbocycles. The Hall–Kier alpha value is -6.64. The van der Waals surface area contributed by atoms with Gasteiger partial charge in [0.05, 0.1) is 11.0 Å². The van der Waals surface area contributed by atoms with E-state index in [9.17, 15) is 0 Å². The van der Waals surface area contributed by atoms with E-state index < -0.39 is 0 Å². The first-order chi connectivity index (χ1) is 25.8. The fraction of sp³-hybridized carbons (Fsp3) is 0. The van der Waals surface area contributed by atoms with E-state index in [1.807, 2.05) is 0 Å². The number of rotatable bonds is 6. The van der Waals surface area contributed by atoms with Crippen LogP contribution in [0.2, 0.25) is 0 Å². The number of aromatic nitrogens is 1. The van der Waals surface area contributed by atoms with E-state index in [4.69, 9.17) is 0 Å². The Balaban J connectivity index is 0.957. The van der Waals surface area contributed by atoms with Gasteiger partial charge in [-0.25, -0.2) is 0 Å². The number of hydrogen-bond donors (Lipinski definition) is 0. The molecular weight excluding hydrogens is 625 g/mol. The number of para-hydroxylation sites is 2. The van der Waals surface area contributed by atoms with Gasteiger partial charge in [0.2, 0.25) is 6.71 Å². The molecule has 0 spiro atoms. The highest BCUT2D eigenvalue weighted by Crippen LogP contribution is 2.33. The van der Waals surface area contributed by atoms with Crippen LogP contribution in [-0.2, 0) is 0 Å². The molecular formula is C50H34BN. The van der Waals surface area contributed by atoms with Gasteiger partial charge in [-0.05, 0) is 80.9 Å². The van der Waals surface area contributed by atoms with Crippen LogP contribution in [0.4, 0.5) is 0 Å². The van der Waals surface area contributed by atoms with Crippen LogP contribution in [-0.4, -0.2) is 11.3 Å². The first kappa shape index (κ1) is 30.2. The molecule has 0 radical (unpaired) electrons. The average molecular weight is 660 g/mol. The maximum Gasteiger partial charge on any atom is 0.242 e. The summed E-state index contributed by atoms with van der Waals surface area (Å²) in [6.07, 6.45) is 4.43. The molecule has 1 nitrogen and oxygen atoms in total. The molecule has 0 unspecified atom stereocenters. The first-order valence-electron chi connectivity index (χ1n) is 18.0. The molecule has 2 heteroatoms. The molecule has 242 valence electrons. The van der Waals surface area contributed by atoms with Crippen molar-refractivity contribution in [2.24, 2.45) is 0 Å². The lowest BCUT2D eigenvalue weighted by Gasteiger charge is -2.12. The fourth-order valence-electron chi connectivity index (χ4n) is 8.16. The average Bonchev–Trinajstić information content (AvgIpc) is 3.73. The van der Waals surface area contributed by atoms with E-state index in [0.29, 0.717) is 0 Å². The molecule has 1 aliphatic rings. The zero-order chi connectivity index (χ0) is 34.4. The Kier molecular flexibility index (Phi) is 7.32. The lowest BCUT2D eigenvalue weighted by molar-refractivity contribution is 1.18. The van der Waals surface area contributed by atoms with E-state index >= 15 is 0 Å². The van der Waals surface area contributed by atoms with E-state index in [-0.39, 0.29) is 6.71 Å². The lowest BCUT2D eigenvalue weighted by Crippen LogP contribution is -2.48. The van der Waals surface area contributed by atoms with Crippen molar-refractivity contribution in [1.82, 2.24) is 4.57 Å². The second-order valence-electron chi connectivity index (χ2n) is 13.7. The van der Waals surface area contributed by atoms with Crippen LogP contribution >= 0.6 is 0 Å². The third-order valence-electron chi connectivity index (χ3n) is 10.7. The maximum atomic E-state index is 2.39. The predicted molar refractivity (Wildman–Crippen MR) is 224 cm³/mol. The van der Waals surface area contributed by atoms with Gasteiger partial charge in [0, 0.05) is 16.5 Å². The normalized spacial score (nSPS) is 12.1. The van der Waals surface area contributed by atoms with Gasteiger partial charge in [0.15, 0.2) is 0 Å². The van der Waals surface area contributed by atoms with Crippen LogP contribution in [0.15, 0.2) is 194 Å². The van der Waals surface area contributed by atoms with Crippen LogP contribution < -0.4 is 16.4 Å². The summed E-state index contributed by atoms with van der Waals surface area (Å²) < 4.78 is 2.36. The summed E-state index contributed by atoms with van der Waals surface area (Å²) in [5.74, 6) is 0. The molecule has 52 heavy (non-hydrogen) atoms. The van der Waals surface area contributed by atoms with Crippen molar-refractivity contribution in [2.45, 2.75) is 0 Å². The number of nitrogens with zero attached hydrogens (tertiary/aromatic N) is 1. The van der Waals surface area contributed by atoms with Crippen LogP contribution in [0.1, 0.15) is 11.1 Å². The summed E-state index contributed by atoms with van der Waals surface area (Å²) >= 11 is 0. The van der Waals surface area contributed by atoms with Crippen molar-refractivity contribution in [3.8, 4) is 39.1 Å². The van der Waals surface area contributed by atoms with Gasteiger partial charge in [-0.2, -0.15) is 0 Å². The van der Waals surface area contributed by atoms with E-state index in [1.54, 1.807) is 0 Å². The molecule has 2 heterocycles. The molecule has 10 rings (SSSR count). The molecule has 0 N–H and O–H groups in total. The minimum absolute atomic E-state index is 0.186. The zero-order valence-corrected chi connectivity index (χ0v) is 28.7. The smallest absolute Gasteiger partial charge is 0.242 e. The number of fused-ring (bicyclic) bond motifs is 6. The van der Waals surface area contributed by atoms with Gasteiger partial charge >= 0.3 is 0 Å². The zero-order valence-electron chi connectivity index (χ0n) is 28.7.